The first-order valence-corrected chi connectivity index (χ1v) is 11.0. The van der Waals surface area contributed by atoms with Gasteiger partial charge >= 0.3 is 0 Å². The molecule has 0 aliphatic heterocycles. The van der Waals surface area contributed by atoms with Crippen molar-refractivity contribution in [3.05, 3.63) is 41.7 Å². The number of aromatic nitrogens is 4. The largest absolute Gasteiger partial charge is 0.491 e. The Bertz CT molecular complexity index is 1080. The smallest absolute Gasteiger partial charge is 0.194 e. The molecule has 0 fully saturated rings. The minimum atomic E-state index is -3.22. The van der Waals surface area contributed by atoms with Crippen molar-refractivity contribution in [3.8, 4) is 5.75 Å². The monoisotopic (exact) mass is 419 g/mol. The Hall–Kier alpha value is -2.59. The van der Waals surface area contributed by atoms with Crippen molar-refractivity contribution < 1.29 is 13.2 Å². The topological polar surface area (TPSA) is 110 Å². The van der Waals surface area contributed by atoms with Gasteiger partial charge in [-0.3, -0.25) is 5.10 Å². The van der Waals surface area contributed by atoms with Gasteiger partial charge in [-0.1, -0.05) is 6.92 Å². The molecule has 1 aromatic carbocycles. The Morgan fingerprint density at radius 2 is 1.89 bits per heavy atom. The maximum absolute atomic E-state index is 11.9. The van der Waals surface area contributed by atoms with Gasteiger partial charge in [-0.05, 0) is 49.9 Å². The van der Waals surface area contributed by atoms with Crippen molar-refractivity contribution in [2.75, 3.05) is 18.2 Å². The number of ether oxygens (including phenoxy) is 1. The highest BCUT2D eigenvalue weighted by atomic mass is 32.2. The molecule has 0 unspecified atom stereocenters. The molecule has 0 spiro atoms. The highest BCUT2D eigenvalue weighted by molar-refractivity contribution is 7.99. The number of rotatable bonds is 7. The average molecular weight is 420 g/mol. The van der Waals surface area contributed by atoms with Gasteiger partial charge in [0.1, 0.15) is 0 Å². The van der Waals surface area contributed by atoms with Crippen LogP contribution in [0.25, 0.3) is 0 Å². The fourth-order valence-corrected chi connectivity index (χ4v) is 4.19. The molecule has 0 saturated carbocycles. The van der Waals surface area contributed by atoms with Gasteiger partial charge in [0.05, 0.1) is 23.5 Å². The first-order chi connectivity index (χ1) is 13.3. The Balaban J connectivity index is 1.88. The number of methoxy groups -OCH3 is 1. The molecule has 0 radical (unpaired) electrons. The molecule has 2 heterocycles. The number of hydrogen-bond acceptors (Lipinski definition) is 8. The van der Waals surface area contributed by atoms with E-state index in [0.29, 0.717) is 33.1 Å². The minimum absolute atomic E-state index is 0.0714. The lowest BCUT2D eigenvalue weighted by atomic mass is 10.3. The van der Waals surface area contributed by atoms with E-state index in [1.54, 1.807) is 38.3 Å². The summed E-state index contributed by atoms with van der Waals surface area (Å²) >= 11 is 1.34. The van der Waals surface area contributed by atoms with Gasteiger partial charge in [-0.25, -0.2) is 18.4 Å². The summed E-state index contributed by atoms with van der Waals surface area (Å²) < 4.78 is 29.3. The number of benzene rings is 1. The maximum Gasteiger partial charge on any atom is 0.194 e. The zero-order valence-corrected chi connectivity index (χ0v) is 17.6. The minimum Gasteiger partial charge on any atom is -0.491 e. The van der Waals surface area contributed by atoms with E-state index in [1.165, 1.54) is 11.8 Å². The SMILES string of the molecule is CCS(=O)(=O)c1ccc(Sc2nc(C)c(OC)c(Nc3cc(C)[nH]n3)n2)cc1. The van der Waals surface area contributed by atoms with Crippen LogP contribution >= 0.6 is 11.8 Å². The molecule has 10 heteroatoms. The Labute approximate surface area is 168 Å². The number of nitrogens with zero attached hydrogens (tertiary/aromatic N) is 3. The molecule has 8 nitrogen and oxygen atoms in total. The molecule has 28 heavy (non-hydrogen) atoms. The number of aromatic amines is 1. The van der Waals surface area contributed by atoms with E-state index in [-0.39, 0.29) is 5.75 Å². The molecule has 0 bridgehead atoms. The average Bonchev–Trinajstić information content (AvgIpc) is 3.07. The summed E-state index contributed by atoms with van der Waals surface area (Å²) in [4.78, 5) is 10.2. The van der Waals surface area contributed by atoms with Crippen LogP contribution in [0.3, 0.4) is 0 Å². The second kappa shape index (κ2) is 8.19. The van der Waals surface area contributed by atoms with Crippen molar-refractivity contribution in [2.45, 2.75) is 35.7 Å². The van der Waals surface area contributed by atoms with Crippen LogP contribution in [-0.4, -0.2) is 41.4 Å². The van der Waals surface area contributed by atoms with Gasteiger partial charge in [-0.2, -0.15) is 5.10 Å². The van der Waals surface area contributed by atoms with E-state index >= 15 is 0 Å². The predicted octanol–water partition coefficient (Wildman–Crippen LogP) is 3.51. The van der Waals surface area contributed by atoms with Crippen LogP contribution in [0.15, 0.2) is 45.3 Å². The molecular weight excluding hydrogens is 398 g/mol. The van der Waals surface area contributed by atoms with Crippen molar-refractivity contribution >= 4 is 33.2 Å². The Morgan fingerprint density at radius 1 is 1.18 bits per heavy atom. The molecule has 2 N–H and O–H groups in total. The van der Waals surface area contributed by atoms with Crippen LogP contribution in [0.1, 0.15) is 18.3 Å². The van der Waals surface area contributed by atoms with Crippen LogP contribution in [0.4, 0.5) is 11.6 Å². The van der Waals surface area contributed by atoms with Gasteiger partial charge in [0.2, 0.25) is 0 Å². The lowest BCUT2D eigenvalue weighted by Gasteiger charge is -2.12. The highest BCUT2D eigenvalue weighted by Crippen LogP contribution is 2.33. The van der Waals surface area contributed by atoms with Crippen molar-refractivity contribution in [1.29, 1.82) is 0 Å². The summed E-state index contributed by atoms with van der Waals surface area (Å²) in [5.74, 6) is 1.74. The first-order valence-electron chi connectivity index (χ1n) is 8.54. The van der Waals surface area contributed by atoms with Crippen molar-refractivity contribution in [3.63, 3.8) is 0 Å². The highest BCUT2D eigenvalue weighted by Gasteiger charge is 2.15. The molecule has 148 valence electrons. The number of aryl methyl sites for hydroxylation is 2. The normalized spacial score (nSPS) is 11.4. The fourth-order valence-electron chi connectivity index (χ4n) is 2.50. The number of sulfone groups is 1. The molecule has 3 aromatic rings. The van der Waals surface area contributed by atoms with Crippen LogP contribution in [0.2, 0.25) is 0 Å². The Morgan fingerprint density at radius 3 is 2.46 bits per heavy atom. The van der Waals surface area contributed by atoms with E-state index in [2.05, 4.69) is 25.5 Å². The molecular formula is C18H21N5O3S2. The number of H-pyrrole nitrogens is 1. The number of hydrogen-bond donors (Lipinski definition) is 2. The lowest BCUT2D eigenvalue weighted by Crippen LogP contribution is -2.04. The zero-order chi connectivity index (χ0) is 20.3. The van der Waals surface area contributed by atoms with E-state index in [1.807, 2.05) is 19.9 Å². The third-order valence-electron chi connectivity index (χ3n) is 3.94. The fraction of sp³-hybridized carbons (Fsp3) is 0.278. The number of nitrogens with one attached hydrogen (secondary N) is 2. The molecule has 2 aromatic heterocycles. The quantitative estimate of drug-likeness (QED) is 0.560. The molecule has 0 aliphatic rings. The summed E-state index contributed by atoms with van der Waals surface area (Å²) in [6.07, 6.45) is 0. The molecule has 0 aliphatic carbocycles. The first kappa shape index (κ1) is 20.2. The molecule has 0 amide bonds. The standard InChI is InChI=1S/C18H21N5O3S2/c1-5-28(24,25)14-8-6-13(7-9-14)27-18-19-12(3)16(26-4)17(21-18)20-15-10-11(2)22-23-15/h6-10H,5H2,1-4H3,(H2,19,20,21,22,23). The van der Waals surface area contributed by atoms with Crippen LogP contribution in [0, 0.1) is 13.8 Å². The zero-order valence-electron chi connectivity index (χ0n) is 16.0. The van der Waals surface area contributed by atoms with Gasteiger partial charge in [-0.15, -0.1) is 0 Å². The van der Waals surface area contributed by atoms with E-state index in [9.17, 15) is 8.42 Å². The van der Waals surface area contributed by atoms with E-state index < -0.39 is 9.84 Å². The third-order valence-corrected chi connectivity index (χ3v) is 6.57. The summed E-state index contributed by atoms with van der Waals surface area (Å²) in [6, 6.07) is 8.56. The second-order valence-electron chi connectivity index (χ2n) is 6.01. The third kappa shape index (κ3) is 4.45. The van der Waals surface area contributed by atoms with Crippen LogP contribution in [0.5, 0.6) is 5.75 Å². The van der Waals surface area contributed by atoms with Gasteiger partial charge in [0.25, 0.3) is 0 Å². The summed E-state index contributed by atoms with van der Waals surface area (Å²) in [7, 11) is -1.66. The van der Waals surface area contributed by atoms with Crippen molar-refractivity contribution in [2.24, 2.45) is 0 Å². The van der Waals surface area contributed by atoms with E-state index in [0.717, 1.165) is 10.6 Å². The van der Waals surface area contributed by atoms with E-state index in [4.69, 9.17) is 4.74 Å². The predicted molar refractivity (Wildman–Crippen MR) is 108 cm³/mol. The second-order valence-corrected chi connectivity index (χ2v) is 9.33. The van der Waals surface area contributed by atoms with Gasteiger partial charge in [0, 0.05) is 16.7 Å². The maximum atomic E-state index is 11.9. The van der Waals surface area contributed by atoms with Crippen LogP contribution in [-0.2, 0) is 9.84 Å². The van der Waals surface area contributed by atoms with Crippen LogP contribution < -0.4 is 10.1 Å². The van der Waals surface area contributed by atoms with Gasteiger partial charge < -0.3 is 10.1 Å². The summed E-state index contributed by atoms with van der Waals surface area (Å²) in [6.45, 7) is 5.37. The number of anilines is 2. The molecule has 0 saturated heterocycles. The summed E-state index contributed by atoms with van der Waals surface area (Å²) in [5.41, 5.74) is 1.60. The Kier molecular flexibility index (Phi) is 5.90. The molecule has 0 atom stereocenters. The summed E-state index contributed by atoms with van der Waals surface area (Å²) in [5, 5.41) is 10.7. The lowest BCUT2D eigenvalue weighted by molar-refractivity contribution is 0.407. The molecule has 3 rings (SSSR count). The van der Waals surface area contributed by atoms with Gasteiger partial charge in [0.15, 0.2) is 32.4 Å². The van der Waals surface area contributed by atoms with Crippen molar-refractivity contribution in [1.82, 2.24) is 20.2 Å².